The van der Waals surface area contributed by atoms with Crippen LogP contribution in [0.1, 0.15) is 162 Å². The molecule has 0 spiro atoms. The highest BCUT2D eigenvalue weighted by atomic mass is 16.7. The Bertz CT molecular complexity index is 1410. The third kappa shape index (κ3) is 33.1. The topological polar surface area (TPSA) is 149 Å². The number of carbonyl (C=O) groups excluding carboxylic acids is 1. The average Bonchev–Trinajstić information content (AvgIpc) is 3.29. The SMILES string of the molecule is CC/C=C\C/C=C\C/C=C\C/C=C\C/C=C\C/C=C\C/C=C\CCCC(=O)NC(COC1OC(CO)C(O)C(O)C1O)C(O)/C=C/CC/C=C/CC/C=C/CCCCCCCCCC. The fourth-order valence-electron chi connectivity index (χ4n) is 6.82. The molecule has 6 N–H and O–H groups in total. The molecule has 9 nitrogen and oxygen atoms in total. The first-order chi connectivity index (χ1) is 31.3. The Hall–Kier alpha value is -3.41. The Morgan fingerprint density at radius 3 is 1.50 bits per heavy atom. The molecule has 1 amide bonds. The highest BCUT2D eigenvalue weighted by Crippen LogP contribution is 2.22. The van der Waals surface area contributed by atoms with Gasteiger partial charge in [0.05, 0.1) is 25.4 Å². The van der Waals surface area contributed by atoms with Crippen molar-refractivity contribution in [3.8, 4) is 0 Å². The zero-order valence-corrected chi connectivity index (χ0v) is 39.7. The summed E-state index contributed by atoms with van der Waals surface area (Å²) in [5.74, 6) is -0.255. The highest BCUT2D eigenvalue weighted by Gasteiger charge is 2.44. The van der Waals surface area contributed by atoms with Gasteiger partial charge in [-0.1, -0.05) is 180 Å². The molecule has 0 bridgehead atoms. The van der Waals surface area contributed by atoms with Gasteiger partial charge < -0.3 is 40.3 Å². The molecule has 9 heteroatoms. The molecule has 1 aliphatic heterocycles. The van der Waals surface area contributed by atoms with Crippen LogP contribution in [-0.4, -0.2) is 87.5 Å². The molecule has 0 aromatic carbocycles. The zero-order valence-electron chi connectivity index (χ0n) is 39.7. The maximum Gasteiger partial charge on any atom is 0.220 e. The average molecular weight is 892 g/mol. The van der Waals surface area contributed by atoms with Crippen LogP contribution in [0.15, 0.2) is 122 Å². The van der Waals surface area contributed by atoms with Gasteiger partial charge >= 0.3 is 0 Å². The molecule has 0 saturated carbocycles. The number of nitrogens with one attached hydrogen (secondary N) is 1. The van der Waals surface area contributed by atoms with Crippen LogP contribution < -0.4 is 5.32 Å². The summed E-state index contributed by atoms with van der Waals surface area (Å²) in [5, 5.41) is 54.2. The second kappa shape index (κ2) is 43.5. The van der Waals surface area contributed by atoms with Gasteiger partial charge in [0.15, 0.2) is 6.29 Å². The number of hydrogen-bond donors (Lipinski definition) is 6. The van der Waals surface area contributed by atoms with E-state index in [4.69, 9.17) is 9.47 Å². The summed E-state index contributed by atoms with van der Waals surface area (Å²) < 4.78 is 11.2. The summed E-state index contributed by atoms with van der Waals surface area (Å²) in [6.45, 7) is 3.58. The first kappa shape index (κ1) is 58.6. The molecule has 7 atom stereocenters. The van der Waals surface area contributed by atoms with Gasteiger partial charge in [0.1, 0.15) is 24.4 Å². The lowest BCUT2D eigenvalue weighted by molar-refractivity contribution is -0.302. The van der Waals surface area contributed by atoms with Gasteiger partial charge in [0.2, 0.25) is 5.91 Å². The molecule has 0 aliphatic carbocycles. The number of ether oxygens (including phenoxy) is 2. The monoisotopic (exact) mass is 892 g/mol. The van der Waals surface area contributed by atoms with Gasteiger partial charge in [-0.2, -0.15) is 0 Å². The third-order valence-corrected chi connectivity index (χ3v) is 10.7. The van der Waals surface area contributed by atoms with E-state index in [-0.39, 0.29) is 18.9 Å². The van der Waals surface area contributed by atoms with E-state index >= 15 is 0 Å². The van der Waals surface area contributed by atoms with E-state index in [1.807, 2.05) is 6.08 Å². The van der Waals surface area contributed by atoms with E-state index < -0.39 is 49.5 Å². The van der Waals surface area contributed by atoms with E-state index in [1.165, 1.54) is 51.4 Å². The van der Waals surface area contributed by atoms with Crippen molar-refractivity contribution in [3.05, 3.63) is 122 Å². The molecule has 362 valence electrons. The van der Waals surface area contributed by atoms with Crippen molar-refractivity contribution in [1.29, 1.82) is 0 Å². The largest absolute Gasteiger partial charge is 0.394 e. The van der Waals surface area contributed by atoms with Gasteiger partial charge in [-0.25, -0.2) is 0 Å². The predicted octanol–water partition coefficient (Wildman–Crippen LogP) is 11.2. The van der Waals surface area contributed by atoms with E-state index in [1.54, 1.807) is 6.08 Å². The van der Waals surface area contributed by atoms with Crippen LogP contribution >= 0.6 is 0 Å². The molecule has 1 heterocycles. The van der Waals surface area contributed by atoms with Gasteiger partial charge in [-0.05, 0) is 96.3 Å². The van der Waals surface area contributed by atoms with E-state index in [2.05, 4.69) is 129 Å². The summed E-state index contributed by atoms with van der Waals surface area (Å²) >= 11 is 0. The van der Waals surface area contributed by atoms with Crippen LogP contribution in [0.3, 0.4) is 0 Å². The van der Waals surface area contributed by atoms with Crippen LogP contribution in [-0.2, 0) is 14.3 Å². The maximum absolute atomic E-state index is 13.0. The number of aliphatic hydroxyl groups is 5. The number of hydrogen-bond acceptors (Lipinski definition) is 8. The molecule has 7 unspecified atom stereocenters. The Morgan fingerprint density at radius 1 is 0.547 bits per heavy atom. The van der Waals surface area contributed by atoms with Crippen LogP contribution in [0.4, 0.5) is 0 Å². The molecule has 0 aromatic rings. The molecular weight excluding hydrogens is 803 g/mol. The Labute approximate surface area is 388 Å². The van der Waals surface area contributed by atoms with Crippen molar-refractivity contribution in [1.82, 2.24) is 5.32 Å². The smallest absolute Gasteiger partial charge is 0.220 e. The molecular formula is C55H89NO8. The Balaban J connectivity index is 2.43. The normalized spacial score (nSPS) is 21.1. The fraction of sp³-hybridized carbons (Fsp3) is 0.618. The van der Waals surface area contributed by atoms with Crippen molar-refractivity contribution >= 4 is 5.91 Å². The lowest BCUT2D eigenvalue weighted by Gasteiger charge is -2.40. The molecule has 1 fully saturated rings. The Morgan fingerprint density at radius 2 is 0.984 bits per heavy atom. The van der Waals surface area contributed by atoms with E-state index in [9.17, 15) is 30.3 Å². The van der Waals surface area contributed by atoms with Crippen molar-refractivity contribution in [3.63, 3.8) is 0 Å². The number of allylic oxidation sites excluding steroid dienone is 19. The quantitative estimate of drug-likeness (QED) is 0.0264. The number of amides is 1. The molecule has 0 aromatic heterocycles. The second-order valence-electron chi connectivity index (χ2n) is 16.5. The molecule has 1 aliphatic rings. The van der Waals surface area contributed by atoms with Crippen molar-refractivity contribution < 1.29 is 39.8 Å². The van der Waals surface area contributed by atoms with Crippen LogP contribution in [0.25, 0.3) is 0 Å². The number of carbonyl (C=O) groups is 1. The number of rotatable bonds is 39. The van der Waals surface area contributed by atoms with Crippen molar-refractivity contribution in [2.45, 2.75) is 204 Å². The molecule has 1 saturated heterocycles. The number of unbranched alkanes of at least 4 members (excludes halogenated alkanes) is 11. The summed E-state index contributed by atoms with van der Waals surface area (Å²) in [7, 11) is 0. The third-order valence-electron chi connectivity index (χ3n) is 10.7. The van der Waals surface area contributed by atoms with Crippen LogP contribution in [0, 0.1) is 0 Å². The van der Waals surface area contributed by atoms with Crippen molar-refractivity contribution in [2.75, 3.05) is 13.2 Å². The highest BCUT2D eigenvalue weighted by molar-refractivity contribution is 5.76. The maximum atomic E-state index is 13.0. The van der Waals surface area contributed by atoms with Gasteiger partial charge in [-0.3, -0.25) is 4.79 Å². The summed E-state index contributed by atoms with van der Waals surface area (Å²) in [4.78, 5) is 13.0. The summed E-state index contributed by atoms with van der Waals surface area (Å²) in [6.07, 6.45) is 58.2. The lowest BCUT2D eigenvalue weighted by atomic mass is 9.99. The van der Waals surface area contributed by atoms with E-state index in [0.717, 1.165) is 77.0 Å². The lowest BCUT2D eigenvalue weighted by Crippen LogP contribution is -2.60. The Kier molecular flexibility index (Phi) is 39.8. The van der Waals surface area contributed by atoms with Gasteiger partial charge in [0.25, 0.3) is 0 Å². The fourth-order valence-corrected chi connectivity index (χ4v) is 6.82. The molecule has 0 radical (unpaired) electrons. The second-order valence-corrected chi connectivity index (χ2v) is 16.5. The van der Waals surface area contributed by atoms with Crippen LogP contribution in [0.5, 0.6) is 0 Å². The molecule has 1 rings (SSSR count). The minimum Gasteiger partial charge on any atom is -0.394 e. The minimum atomic E-state index is -1.59. The summed E-state index contributed by atoms with van der Waals surface area (Å²) in [6, 6.07) is -0.868. The number of aliphatic hydroxyl groups excluding tert-OH is 5. The first-order valence-electron chi connectivity index (χ1n) is 24.8. The predicted molar refractivity (Wildman–Crippen MR) is 267 cm³/mol. The van der Waals surface area contributed by atoms with E-state index in [0.29, 0.717) is 12.8 Å². The minimum absolute atomic E-state index is 0.238. The van der Waals surface area contributed by atoms with Gasteiger partial charge in [-0.15, -0.1) is 0 Å². The summed E-state index contributed by atoms with van der Waals surface area (Å²) in [5.41, 5.74) is 0. The van der Waals surface area contributed by atoms with Crippen molar-refractivity contribution in [2.24, 2.45) is 0 Å². The van der Waals surface area contributed by atoms with Crippen LogP contribution in [0.2, 0.25) is 0 Å². The zero-order chi connectivity index (χ0) is 46.6. The molecule has 64 heavy (non-hydrogen) atoms. The first-order valence-corrected chi connectivity index (χ1v) is 24.8. The van der Waals surface area contributed by atoms with Gasteiger partial charge in [0, 0.05) is 6.42 Å². The standard InChI is InChI=1S/C55H89NO8/c1-3-5-7-9-11-13-15-17-19-21-23-24-25-26-27-29-31-33-35-37-39-41-43-45-51(59)56-48(47-63-55-54(62)53(61)52(60)50(46-57)64-55)49(58)44-42-40-38-36-34-32-30-28-22-20-18-16-14-12-10-8-6-4-2/h5,7,11,13,17,19,22-24,26-28,31,33-34,36-37,39,42,44,48-50,52-55,57-58,60-62H,3-4,6,8-10,12,14-16,18,20-21,25,29-30,32,35,38,40-41,43,45-47H2,1-2H3,(H,56,59)/b7-5-,13-11-,19-17-,24-23-,27-26-,28-22+,33-31-,36-34+,39-37-,44-42+.